The molecule has 0 aromatic carbocycles. The first-order valence-corrected chi connectivity index (χ1v) is 7.73. The van der Waals surface area contributed by atoms with E-state index >= 15 is 0 Å². The van der Waals surface area contributed by atoms with E-state index in [9.17, 15) is 9.59 Å². The van der Waals surface area contributed by atoms with E-state index in [0.29, 0.717) is 16.6 Å². The molecule has 106 valence electrons. The van der Waals surface area contributed by atoms with E-state index in [1.165, 1.54) is 23.1 Å². The first-order valence-electron chi connectivity index (χ1n) is 5.69. The zero-order valence-electron chi connectivity index (χ0n) is 10.4. The molecule has 0 aliphatic carbocycles. The first-order chi connectivity index (χ1) is 9.63. The van der Waals surface area contributed by atoms with Gasteiger partial charge in [0.1, 0.15) is 5.76 Å². The van der Waals surface area contributed by atoms with Crippen molar-refractivity contribution in [2.75, 3.05) is 11.1 Å². The number of hydrogen-bond donors (Lipinski definition) is 2. The van der Waals surface area contributed by atoms with Crippen LogP contribution < -0.4 is 5.32 Å². The normalized spacial score (nSPS) is 10.4. The summed E-state index contributed by atoms with van der Waals surface area (Å²) < 4.78 is 5.16. The van der Waals surface area contributed by atoms with Crippen LogP contribution in [0.15, 0.2) is 28.2 Å². The van der Waals surface area contributed by atoms with Crippen LogP contribution in [-0.2, 0) is 21.8 Å². The molecular weight excluding hydrogens is 300 g/mol. The van der Waals surface area contributed by atoms with Crippen molar-refractivity contribution >= 4 is 40.1 Å². The minimum Gasteiger partial charge on any atom is -0.481 e. The number of carboxylic acid groups (broad SMARTS) is 1. The summed E-state index contributed by atoms with van der Waals surface area (Å²) in [5.41, 5.74) is 0.445. The summed E-state index contributed by atoms with van der Waals surface area (Å²) in [6, 6.07) is 3.65. The third-order valence-corrected chi connectivity index (χ3v) is 3.95. The minimum absolute atomic E-state index is 0.139. The number of carbonyl (C=O) groups excluding carboxylic acids is 1. The first kappa shape index (κ1) is 14.6. The van der Waals surface area contributed by atoms with Crippen molar-refractivity contribution in [3.8, 4) is 0 Å². The van der Waals surface area contributed by atoms with Crippen molar-refractivity contribution in [2.45, 2.75) is 12.2 Å². The molecule has 8 heteroatoms. The van der Waals surface area contributed by atoms with Crippen LogP contribution in [0.2, 0.25) is 0 Å². The Kier molecular flexibility index (Phi) is 5.19. The van der Waals surface area contributed by atoms with Gasteiger partial charge in [-0.25, -0.2) is 4.98 Å². The molecule has 2 rings (SSSR count). The summed E-state index contributed by atoms with van der Waals surface area (Å²) in [5.74, 6) is 0.623. The van der Waals surface area contributed by atoms with Crippen LogP contribution in [-0.4, -0.2) is 27.7 Å². The smallest absolute Gasteiger partial charge is 0.309 e. The highest BCUT2D eigenvalue weighted by Gasteiger charge is 2.09. The van der Waals surface area contributed by atoms with Gasteiger partial charge in [0, 0.05) is 5.38 Å². The number of nitrogens with one attached hydrogen (secondary N) is 1. The van der Waals surface area contributed by atoms with Crippen LogP contribution in [0.25, 0.3) is 0 Å². The fourth-order valence-corrected chi connectivity index (χ4v) is 2.85. The maximum absolute atomic E-state index is 11.7. The molecule has 2 aromatic heterocycles. The Labute approximate surface area is 123 Å². The Hall–Kier alpha value is -1.80. The number of aliphatic carboxylic acids is 1. The highest BCUT2D eigenvalue weighted by Crippen LogP contribution is 2.17. The molecule has 6 nitrogen and oxygen atoms in total. The van der Waals surface area contributed by atoms with Gasteiger partial charge in [0.25, 0.3) is 0 Å². The van der Waals surface area contributed by atoms with Crippen molar-refractivity contribution < 1.29 is 19.1 Å². The van der Waals surface area contributed by atoms with E-state index in [1.54, 1.807) is 17.7 Å². The summed E-state index contributed by atoms with van der Waals surface area (Å²) in [5, 5.41) is 13.3. The second kappa shape index (κ2) is 7.11. The van der Waals surface area contributed by atoms with E-state index < -0.39 is 5.97 Å². The number of carboxylic acids is 1. The molecule has 0 atom stereocenters. The Morgan fingerprint density at radius 2 is 2.35 bits per heavy atom. The second-order valence-electron chi connectivity index (χ2n) is 3.83. The van der Waals surface area contributed by atoms with E-state index in [0.717, 1.165) is 5.76 Å². The monoisotopic (exact) mass is 312 g/mol. The number of carbonyl (C=O) groups is 2. The molecule has 20 heavy (non-hydrogen) atoms. The predicted octanol–water partition coefficient (Wildman–Crippen LogP) is 2.24. The lowest BCUT2D eigenvalue weighted by molar-refractivity contribution is -0.136. The number of thioether (sulfide) groups is 1. The molecule has 1 amide bonds. The fourth-order valence-electron chi connectivity index (χ4n) is 1.39. The van der Waals surface area contributed by atoms with Crippen molar-refractivity contribution in [2.24, 2.45) is 0 Å². The van der Waals surface area contributed by atoms with Crippen LogP contribution in [0.3, 0.4) is 0 Å². The van der Waals surface area contributed by atoms with E-state index in [-0.39, 0.29) is 18.1 Å². The summed E-state index contributed by atoms with van der Waals surface area (Å²) in [7, 11) is 0. The van der Waals surface area contributed by atoms with Crippen LogP contribution in [0.5, 0.6) is 0 Å². The molecule has 0 aliphatic rings. The number of amides is 1. The van der Waals surface area contributed by atoms with Gasteiger partial charge < -0.3 is 14.8 Å². The molecule has 0 aliphatic heterocycles. The third-order valence-electron chi connectivity index (χ3n) is 2.19. The molecule has 2 heterocycles. The SMILES string of the molecule is O=C(O)Cc1csc(NC(=O)CSCc2ccco2)n1. The van der Waals surface area contributed by atoms with Gasteiger partial charge in [-0.05, 0) is 12.1 Å². The van der Waals surface area contributed by atoms with Gasteiger partial charge in [0.05, 0.1) is 29.9 Å². The number of anilines is 1. The Balaban J connectivity index is 1.73. The number of nitrogens with zero attached hydrogens (tertiary/aromatic N) is 1. The van der Waals surface area contributed by atoms with Crippen molar-refractivity contribution in [3.05, 3.63) is 35.2 Å². The highest BCUT2D eigenvalue weighted by atomic mass is 32.2. The zero-order chi connectivity index (χ0) is 14.4. The topological polar surface area (TPSA) is 92.4 Å². The molecule has 0 radical (unpaired) electrons. The lowest BCUT2D eigenvalue weighted by atomic mass is 10.3. The maximum Gasteiger partial charge on any atom is 0.309 e. The van der Waals surface area contributed by atoms with Gasteiger partial charge in [0.2, 0.25) is 5.91 Å². The molecule has 2 aromatic rings. The molecule has 0 bridgehead atoms. The minimum atomic E-state index is -0.942. The number of furan rings is 1. The van der Waals surface area contributed by atoms with E-state index in [4.69, 9.17) is 9.52 Å². The quantitative estimate of drug-likeness (QED) is 0.814. The Bertz CT molecular complexity index is 580. The van der Waals surface area contributed by atoms with Crippen LogP contribution in [0.4, 0.5) is 5.13 Å². The molecule has 0 saturated heterocycles. The lowest BCUT2D eigenvalue weighted by Gasteiger charge is -2.00. The Morgan fingerprint density at radius 3 is 3.05 bits per heavy atom. The Morgan fingerprint density at radius 1 is 1.50 bits per heavy atom. The van der Waals surface area contributed by atoms with Crippen molar-refractivity contribution in [1.82, 2.24) is 4.98 Å². The van der Waals surface area contributed by atoms with Gasteiger partial charge in [-0.3, -0.25) is 9.59 Å². The van der Waals surface area contributed by atoms with Gasteiger partial charge in [0.15, 0.2) is 5.13 Å². The summed E-state index contributed by atoms with van der Waals surface area (Å²) in [6.07, 6.45) is 1.45. The zero-order valence-corrected chi connectivity index (χ0v) is 12.0. The maximum atomic E-state index is 11.7. The van der Waals surface area contributed by atoms with Gasteiger partial charge in [-0.2, -0.15) is 0 Å². The average molecular weight is 312 g/mol. The lowest BCUT2D eigenvalue weighted by Crippen LogP contribution is -2.14. The number of rotatable bonds is 7. The molecule has 0 unspecified atom stereocenters. The number of thiazole rings is 1. The summed E-state index contributed by atoms with van der Waals surface area (Å²) >= 11 is 2.65. The predicted molar refractivity (Wildman–Crippen MR) is 77.0 cm³/mol. The van der Waals surface area contributed by atoms with Crippen LogP contribution in [0, 0.1) is 0 Å². The number of hydrogen-bond acceptors (Lipinski definition) is 6. The highest BCUT2D eigenvalue weighted by molar-refractivity contribution is 7.99. The fraction of sp³-hybridized carbons (Fsp3) is 0.250. The van der Waals surface area contributed by atoms with Gasteiger partial charge in [-0.1, -0.05) is 0 Å². The van der Waals surface area contributed by atoms with E-state index in [1.807, 2.05) is 6.07 Å². The molecule has 0 fully saturated rings. The largest absolute Gasteiger partial charge is 0.481 e. The van der Waals surface area contributed by atoms with Crippen LogP contribution in [0.1, 0.15) is 11.5 Å². The molecule has 2 N–H and O–H groups in total. The average Bonchev–Trinajstić information content (AvgIpc) is 3.00. The van der Waals surface area contributed by atoms with Crippen LogP contribution >= 0.6 is 23.1 Å². The molecule has 0 spiro atoms. The molecule has 0 saturated carbocycles. The summed E-state index contributed by atoms with van der Waals surface area (Å²) in [6.45, 7) is 0. The van der Waals surface area contributed by atoms with Gasteiger partial charge in [-0.15, -0.1) is 23.1 Å². The summed E-state index contributed by atoms with van der Waals surface area (Å²) in [4.78, 5) is 26.2. The third kappa shape index (κ3) is 4.71. The van der Waals surface area contributed by atoms with E-state index in [2.05, 4.69) is 10.3 Å². The molecular formula is C12H12N2O4S2. The second-order valence-corrected chi connectivity index (χ2v) is 5.68. The van der Waals surface area contributed by atoms with Crippen molar-refractivity contribution in [1.29, 1.82) is 0 Å². The standard InChI is InChI=1S/C12H12N2O4S2/c15-10(7-19-6-9-2-1-3-18-9)14-12-13-8(5-20-12)4-11(16)17/h1-3,5H,4,6-7H2,(H,16,17)(H,13,14,15). The number of aromatic nitrogens is 1. The van der Waals surface area contributed by atoms with Crippen molar-refractivity contribution in [3.63, 3.8) is 0 Å². The van der Waals surface area contributed by atoms with Gasteiger partial charge >= 0.3 is 5.97 Å².